The van der Waals surface area contributed by atoms with Gasteiger partial charge < -0.3 is 29.6 Å². The van der Waals surface area contributed by atoms with Gasteiger partial charge in [0.25, 0.3) is 16.5 Å². The molecule has 2 N–H and O–H groups in total. The molecule has 1 unspecified atom stereocenters. The van der Waals surface area contributed by atoms with Crippen molar-refractivity contribution in [1.82, 2.24) is 14.1 Å². The van der Waals surface area contributed by atoms with Gasteiger partial charge in [-0.05, 0) is 56.8 Å². The molecule has 1 aromatic heterocycles. The SMILES string of the molecule is CCOC(=O)c1nn(S(=O)(=O)c2cccc(N3CCC(O)C3)c2)c2cc(N3CCN(C)CC3)ccc12.O=CO. The molecular weight excluding hydrogens is 526 g/mol. The molecule has 1 atom stereocenters. The van der Waals surface area contributed by atoms with Crippen molar-refractivity contribution in [3.63, 3.8) is 0 Å². The number of carboxylic acid groups (broad SMARTS) is 1. The quantitative estimate of drug-likeness (QED) is 0.334. The van der Waals surface area contributed by atoms with E-state index >= 15 is 0 Å². The van der Waals surface area contributed by atoms with Crippen molar-refractivity contribution < 1.29 is 33.0 Å². The highest BCUT2D eigenvalue weighted by Gasteiger charge is 2.29. The molecule has 39 heavy (non-hydrogen) atoms. The Hall–Kier alpha value is -3.68. The first kappa shape index (κ1) is 28.3. The fourth-order valence-corrected chi connectivity index (χ4v) is 6.11. The highest BCUT2D eigenvalue weighted by molar-refractivity contribution is 7.90. The van der Waals surface area contributed by atoms with Crippen LogP contribution in [0.5, 0.6) is 0 Å². The number of β-amino-alcohol motifs (C(OH)–C–C–N with tert-alkyl or cyclic N) is 1. The van der Waals surface area contributed by atoms with E-state index in [-0.39, 0.29) is 23.7 Å². The molecule has 3 aromatic rings. The number of aliphatic hydroxyl groups is 1. The number of hydrogen-bond acceptors (Lipinski definition) is 10. The van der Waals surface area contributed by atoms with Crippen LogP contribution in [0.3, 0.4) is 0 Å². The number of nitrogens with zero attached hydrogens (tertiary/aromatic N) is 5. The molecule has 0 bridgehead atoms. The lowest BCUT2D eigenvalue weighted by Gasteiger charge is -2.34. The van der Waals surface area contributed by atoms with Gasteiger partial charge in [-0.3, -0.25) is 4.79 Å². The first-order chi connectivity index (χ1) is 18.7. The fourth-order valence-electron chi connectivity index (χ4n) is 4.79. The van der Waals surface area contributed by atoms with Crippen LogP contribution in [0.25, 0.3) is 10.9 Å². The summed E-state index contributed by atoms with van der Waals surface area (Å²) in [6, 6.07) is 12.1. The molecule has 2 fully saturated rings. The van der Waals surface area contributed by atoms with Crippen molar-refractivity contribution in [2.75, 3.05) is 62.7 Å². The Balaban J connectivity index is 0.00000112. The topological polar surface area (TPSA) is 146 Å². The number of aromatic nitrogens is 2. The van der Waals surface area contributed by atoms with Crippen molar-refractivity contribution in [1.29, 1.82) is 0 Å². The third-order valence-corrected chi connectivity index (χ3v) is 8.43. The molecule has 0 radical (unpaired) electrons. The largest absolute Gasteiger partial charge is 0.483 e. The van der Waals surface area contributed by atoms with Gasteiger partial charge in [-0.1, -0.05) is 6.07 Å². The number of hydrogen-bond donors (Lipinski definition) is 2. The Morgan fingerprint density at radius 3 is 2.41 bits per heavy atom. The minimum absolute atomic E-state index is 0.0285. The molecule has 12 nitrogen and oxygen atoms in total. The lowest BCUT2D eigenvalue weighted by atomic mass is 10.1. The zero-order chi connectivity index (χ0) is 28.2. The summed E-state index contributed by atoms with van der Waals surface area (Å²) in [6.07, 6.45) is 0.208. The van der Waals surface area contributed by atoms with Crippen LogP contribution in [0.2, 0.25) is 0 Å². The standard InChI is InChI=1S/C25H31N5O5S.CH2O2/c1-3-35-25(32)24-22-8-7-19(28-13-11-27(2)12-14-28)16-23(22)30(26-24)36(33,34)21-6-4-5-18(15-21)29-10-9-20(31)17-29;2-1-3/h4-8,15-16,20,31H,3,9-14,17H2,1-2H3;1H,(H,2,3). The zero-order valence-corrected chi connectivity index (χ0v) is 22.7. The summed E-state index contributed by atoms with van der Waals surface area (Å²) < 4.78 is 33.8. The Labute approximate surface area is 227 Å². The van der Waals surface area contributed by atoms with E-state index in [2.05, 4.69) is 21.9 Å². The lowest BCUT2D eigenvalue weighted by molar-refractivity contribution is -0.122. The maximum atomic E-state index is 13.9. The van der Waals surface area contributed by atoms with Crippen molar-refractivity contribution >= 4 is 44.7 Å². The van der Waals surface area contributed by atoms with Gasteiger partial charge in [-0.25, -0.2) is 4.79 Å². The molecule has 2 aliphatic rings. The summed E-state index contributed by atoms with van der Waals surface area (Å²) in [5.74, 6) is -0.663. The summed E-state index contributed by atoms with van der Waals surface area (Å²) in [7, 11) is -2.06. The van der Waals surface area contributed by atoms with E-state index in [1.54, 1.807) is 31.2 Å². The van der Waals surface area contributed by atoms with Crippen molar-refractivity contribution in [3.8, 4) is 0 Å². The number of carbonyl (C=O) groups is 2. The minimum Gasteiger partial charge on any atom is -0.483 e. The summed E-state index contributed by atoms with van der Waals surface area (Å²) >= 11 is 0. The van der Waals surface area contributed by atoms with Crippen LogP contribution < -0.4 is 9.80 Å². The van der Waals surface area contributed by atoms with E-state index < -0.39 is 22.1 Å². The van der Waals surface area contributed by atoms with Gasteiger partial charge in [-0.15, -0.1) is 5.10 Å². The van der Waals surface area contributed by atoms with E-state index in [0.717, 1.165) is 36.0 Å². The molecule has 5 rings (SSSR count). The summed E-state index contributed by atoms with van der Waals surface area (Å²) in [4.78, 5) is 27.5. The van der Waals surface area contributed by atoms with E-state index in [9.17, 15) is 18.3 Å². The molecule has 0 aliphatic carbocycles. The van der Waals surface area contributed by atoms with E-state index in [1.807, 2.05) is 17.0 Å². The van der Waals surface area contributed by atoms with Gasteiger partial charge in [0, 0.05) is 56.0 Å². The third-order valence-electron chi connectivity index (χ3n) is 6.84. The average molecular weight is 560 g/mol. The number of fused-ring (bicyclic) bond motifs is 1. The number of rotatable bonds is 6. The number of benzene rings is 2. The number of likely N-dealkylation sites (N-methyl/N-ethyl adjacent to an activating group) is 1. The number of esters is 1. The van der Waals surface area contributed by atoms with Crippen LogP contribution in [0.4, 0.5) is 11.4 Å². The lowest BCUT2D eigenvalue weighted by Crippen LogP contribution is -2.44. The van der Waals surface area contributed by atoms with Crippen LogP contribution in [-0.2, 0) is 19.6 Å². The monoisotopic (exact) mass is 559 g/mol. The van der Waals surface area contributed by atoms with Crippen molar-refractivity contribution in [2.45, 2.75) is 24.3 Å². The van der Waals surface area contributed by atoms with Crippen LogP contribution in [-0.4, -0.2) is 104 Å². The van der Waals surface area contributed by atoms with Gasteiger partial charge >= 0.3 is 5.97 Å². The highest BCUT2D eigenvalue weighted by atomic mass is 32.2. The fraction of sp³-hybridized carbons (Fsp3) is 0.423. The van der Waals surface area contributed by atoms with Crippen molar-refractivity contribution in [3.05, 3.63) is 48.2 Å². The van der Waals surface area contributed by atoms with Crippen LogP contribution >= 0.6 is 0 Å². The average Bonchev–Trinajstić information content (AvgIpc) is 3.54. The van der Waals surface area contributed by atoms with Gasteiger partial charge in [0.15, 0.2) is 5.69 Å². The van der Waals surface area contributed by atoms with E-state index in [4.69, 9.17) is 14.6 Å². The Morgan fingerprint density at radius 2 is 1.77 bits per heavy atom. The first-order valence-corrected chi connectivity index (χ1v) is 14.1. The second-order valence-electron chi connectivity index (χ2n) is 9.40. The smallest absolute Gasteiger partial charge is 0.359 e. The Bertz CT molecular complexity index is 1430. The second kappa shape index (κ2) is 12.0. The molecule has 0 spiro atoms. The first-order valence-electron chi connectivity index (χ1n) is 12.7. The number of ether oxygens (including phenoxy) is 1. The number of piperazine rings is 1. The Morgan fingerprint density at radius 1 is 1.08 bits per heavy atom. The maximum absolute atomic E-state index is 13.9. The summed E-state index contributed by atoms with van der Waals surface area (Å²) in [6.45, 7) is 6.15. The summed E-state index contributed by atoms with van der Waals surface area (Å²) in [5.41, 5.74) is 1.89. The van der Waals surface area contributed by atoms with Gasteiger partial charge in [0.2, 0.25) is 0 Å². The minimum atomic E-state index is -4.13. The van der Waals surface area contributed by atoms with Gasteiger partial charge in [-0.2, -0.15) is 12.5 Å². The Kier molecular flexibility index (Phi) is 8.73. The van der Waals surface area contributed by atoms with Gasteiger partial charge in [0.1, 0.15) is 0 Å². The maximum Gasteiger partial charge on any atom is 0.359 e. The zero-order valence-electron chi connectivity index (χ0n) is 21.9. The number of anilines is 2. The van der Waals surface area contributed by atoms with Crippen LogP contribution in [0.1, 0.15) is 23.8 Å². The molecule has 2 aliphatic heterocycles. The summed E-state index contributed by atoms with van der Waals surface area (Å²) in [5, 5.41) is 21.5. The third kappa shape index (κ3) is 6.00. The molecule has 2 saturated heterocycles. The van der Waals surface area contributed by atoms with Crippen LogP contribution in [0, 0.1) is 0 Å². The number of carbonyl (C=O) groups excluding carboxylic acids is 1. The normalized spacial score (nSPS) is 18.1. The molecule has 0 amide bonds. The van der Waals surface area contributed by atoms with Crippen LogP contribution in [0.15, 0.2) is 47.4 Å². The molecule has 210 valence electrons. The van der Waals surface area contributed by atoms with Crippen molar-refractivity contribution in [2.24, 2.45) is 0 Å². The molecule has 0 saturated carbocycles. The van der Waals surface area contributed by atoms with E-state index in [1.165, 1.54) is 6.07 Å². The van der Waals surface area contributed by atoms with E-state index in [0.29, 0.717) is 36.1 Å². The molecular formula is C26H33N5O7S. The molecule has 2 aromatic carbocycles. The number of aliphatic hydroxyl groups excluding tert-OH is 1. The predicted octanol–water partition coefficient (Wildman–Crippen LogP) is 1.47. The predicted molar refractivity (Wildman–Crippen MR) is 146 cm³/mol. The molecule has 13 heteroatoms. The van der Waals surface area contributed by atoms with Gasteiger partial charge in [0.05, 0.1) is 23.1 Å². The molecule has 3 heterocycles. The second-order valence-corrected chi connectivity index (χ2v) is 11.2. The highest BCUT2D eigenvalue weighted by Crippen LogP contribution is 2.30.